The number of hydrogen-bond acceptors (Lipinski definition) is 4. The summed E-state index contributed by atoms with van der Waals surface area (Å²) in [5.41, 5.74) is 6.97. The Morgan fingerprint density at radius 3 is 2.89 bits per heavy atom. The molecule has 2 aromatic rings. The van der Waals surface area contributed by atoms with Crippen molar-refractivity contribution in [3.05, 3.63) is 45.7 Å². The Hall–Kier alpha value is -1.95. The van der Waals surface area contributed by atoms with Gasteiger partial charge in [0.1, 0.15) is 10.8 Å². The standard InChI is InChI=1S/C13H14FN3OS/c1-7-6-19-13(16-7)8(2)17-12(18)10-5-9(14)3-4-11(10)15/h3-6,8H,15H2,1-2H3,(H,17,18). The number of rotatable bonds is 3. The summed E-state index contributed by atoms with van der Waals surface area (Å²) in [5, 5.41) is 5.47. The molecule has 1 heterocycles. The van der Waals surface area contributed by atoms with Crippen LogP contribution in [0.4, 0.5) is 10.1 Å². The van der Waals surface area contributed by atoms with Crippen LogP contribution >= 0.6 is 11.3 Å². The highest BCUT2D eigenvalue weighted by atomic mass is 32.1. The second-order valence-electron chi connectivity index (χ2n) is 4.25. The molecule has 3 N–H and O–H groups in total. The van der Waals surface area contributed by atoms with E-state index in [0.717, 1.165) is 16.8 Å². The van der Waals surface area contributed by atoms with Crippen molar-refractivity contribution in [2.75, 3.05) is 5.73 Å². The van der Waals surface area contributed by atoms with Crippen molar-refractivity contribution in [2.45, 2.75) is 19.9 Å². The molecule has 0 aliphatic carbocycles. The number of nitrogens with one attached hydrogen (secondary N) is 1. The number of amides is 1. The molecule has 4 nitrogen and oxygen atoms in total. The highest BCUT2D eigenvalue weighted by Gasteiger charge is 2.16. The molecule has 0 aliphatic heterocycles. The molecule has 1 aromatic heterocycles. The van der Waals surface area contributed by atoms with E-state index in [1.165, 1.54) is 23.5 Å². The predicted molar refractivity (Wildman–Crippen MR) is 73.5 cm³/mol. The molecule has 1 atom stereocenters. The number of anilines is 1. The number of aryl methyl sites for hydroxylation is 1. The third-order valence-corrected chi connectivity index (χ3v) is 3.76. The van der Waals surface area contributed by atoms with Gasteiger partial charge in [0.2, 0.25) is 0 Å². The fourth-order valence-electron chi connectivity index (χ4n) is 1.63. The molecule has 0 aliphatic rings. The van der Waals surface area contributed by atoms with Crippen LogP contribution in [0.2, 0.25) is 0 Å². The van der Waals surface area contributed by atoms with Crippen LogP contribution in [0.3, 0.4) is 0 Å². The molecule has 0 radical (unpaired) electrons. The number of aromatic nitrogens is 1. The van der Waals surface area contributed by atoms with Gasteiger partial charge >= 0.3 is 0 Å². The molecular formula is C13H14FN3OS. The lowest BCUT2D eigenvalue weighted by Gasteiger charge is -2.12. The first-order chi connectivity index (χ1) is 8.97. The molecule has 1 aromatic carbocycles. The zero-order valence-corrected chi connectivity index (χ0v) is 11.4. The van der Waals surface area contributed by atoms with E-state index in [4.69, 9.17) is 5.73 Å². The van der Waals surface area contributed by atoms with Crippen molar-refractivity contribution in [1.29, 1.82) is 0 Å². The molecule has 1 unspecified atom stereocenters. The van der Waals surface area contributed by atoms with Crippen molar-refractivity contribution < 1.29 is 9.18 Å². The lowest BCUT2D eigenvalue weighted by molar-refractivity contribution is 0.0940. The predicted octanol–water partition coefficient (Wildman–Crippen LogP) is 2.66. The molecule has 0 saturated carbocycles. The van der Waals surface area contributed by atoms with Gasteiger partial charge in [-0.3, -0.25) is 4.79 Å². The number of nitrogens with zero attached hydrogens (tertiary/aromatic N) is 1. The first-order valence-corrected chi connectivity index (χ1v) is 6.63. The summed E-state index contributed by atoms with van der Waals surface area (Å²) in [4.78, 5) is 16.3. The lowest BCUT2D eigenvalue weighted by Crippen LogP contribution is -2.27. The SMILES string of the molecule is Cc1csc(C(C)NC(=O)c2cc(F)ccc2N)n1. The van der Waals surface area contributed by atoms with E-state index in [9.17, 15) is 9.18 Å². The van der Waals surface area contributed by atoms with Gasteiger partial charge in [0.15, 0.2) is 0 Å². The number of thiazole rings is 1. The second kappa shape index (κ2) is 5.36. The Labute approximate surface area is 114 Å². The third-order valence-electron chi connectivity index (χ3n) is 2.61. The van der Waals surface area contributed by atoms with Crippen LogP contribution in [0.15, 0.2) is 23.6 Å². The van der Waals surface area contributed by atoms with Gasteiger partial charge in [0.25, 0.3) is 5.91 Å². The maximum absolute atomic E-state index is 13.1. The van der Waals surface area contributed by atoms with Crippen LogP contribution in [0.1, 0.15) is 34.0 Å². The van der Waals surface area contributed by atoms with Gasteiger partial charge in [-0.25, -0.2) is 9.37 Å². The van der Waals surface area contributed by atoms with Gasteiger partial charge in [0.05, 0.1) is 11.6 Å². The fraction of sp³-hybridized carbons (Fsp3) is 0.231. The van der Waals surface area contributed by atoms with E-state index >= 15 is 0 Å². The van der Waals surface area contributed by atoms with Crippen molar-refractivity contribution >= 4 is 22.9 Å². The normalized spacial score (nSPS) is 12.2. The van der Waals surface area contributed by atoms with E-state index in [0.29, 0.717) is 0 Å². The number of halogens is 1. The van der Waals surface area contributed by atoms with E-state index < -0.39 is 11.7 Å². The summed E-state index contributed by atoms with van der Waals surface area (Å²) in [7, 11) is 0. The fourth-order valence-corrected chi connectivity index (χ4v) is 2.44. The number of carbonyl (C=O) groups excluding carboxylic acids is 1. The van der Waals surface area contributed by atoms with Gasteiger partial charge in [-0.15, -0.1) is 11.3 Å². The molecule has 0 fully saturated rings. The van der Waals surface area contributed by atoms with Crippen molar-refractivity contribution in [2.24, 2.45) is 0 Å². The van der Waals surface area contributed by atoms with Gasteiger partial charge in [0, 0.05) is 16.8 Å². The van der Waals surface area contributed by atoms with Crippen LogP contribution in [-0.2, 0) is 0 Å². The van der Waals surface area contributed by atoms with E-state index in [-0.39, 0.29) is 17.3 Å². The molecule has 1 amide bonds. The van der Waals surface area contributed by atoms with E-state index in [1.807, 2.05) is 19.2 Å². The number of nitrogen functional groups attached to an aromatic ring is 1. The molecule has 19 heavy (non-hydrogen) atoms. The summed E-state index contributed by atoms with van der Waals surface area (Å²) in [6, 6.07) is 3.49. The van der Waals surface area contributed by atoms with Crippen molar-refractivity contribution in [3.8, 4) is 0 Å². The molecule has 2 rings (SSSR count). The minimum absolute atomic E-state index is 0.139. The number of nitrogens with two attached hydrogens (primary N) is 1. The minimum Gasteiger partial charge on any atom is -0.398 e. The van der Waals surface area contributed by atoms with E-state index in [2.05, 4.69) is 10.3 Å². The third kappa shape index (κ3) is 3.08. The van der Waals surface area contributed by atoms with Gasteiger partial charge in [-0.2, -0.15) is 0 Å². The molecule has 6 heteroatoms. The number of carbonyl (C=O) groups is 1. The van der Waals surface area contributed by atoms with Crippen LogP contribution in [0.25, 0.3) is 0 Å². The summed E-state index contributed by atoms with van der Waals surface area (Å²) >= 11 is 1.47. The van der Waals surface area contributed by atoms with Crippen molar-refractivity contribution in [3.63, 3.8) is 0 Å². The largest absolute Gasteiger partial charge is 0.398 e. The van der Waals surface area contributed by atoms with Crippen LogP contribution in [0, 0.1) is 12.7 Å². The highest BCUT2D eigenvalue weighted by molar-refractivity contribution is 7.09. The van der Waals surface area contributed by atoms with Gasteiger partial charge in [-0.05, 0) is 32.0 Å². The topological polar surface area (TPSA) is 68.0 Å². The second-order valence-corrected chi connectivity index (χ2v) is 5.14. The summed E-state index contributed by atoms with van der Waals surface area (Å²) in [6.07, 6.45) is 0. The first-order valence-electron chi connectivity index (χ1n) is 5.75. The zero-order valence-electron chi connectivity index (χ0n) is 10.6. The monoisotopic (exact) mass is 279 g/mol. The van der Waals surface area contributed by atoms with Crippen LogP contribution in [0.5, 0.6) is 0 Å². The van der Waals surface area contributed by atoms with Crippen LogP contribution < -0.4 is 11.1 Å². The molecular weight excluding hydrogens is 265 g/mol. The smallest absolute Gasteiger partial charge is 0.254 e. The van der Waals surface area contributed by atoms with E-state index in [1.54, 1.807) is 0 Å². The van der Waals surface area contributed by atoms with Crippen molar-refractivity contribution in [1.82, 2.24) is 10.3 Å². The number of hydrogen-bond donors (Lipinski definition) is 2. The molecule has 0 saturated heterocycles. The Bertz CT molecular complexity index is 612. The van der Waals surface area contributed by atoms with Gasteiger partial charge < -0.3 is 11.1 Å². The summed E-state index contributed by atoms with van der Waals surface area (Å²) < 4.78 is 13.1. The molecule has 100 valence electrons. The van der Waals surface area contributed by atoms with Crippen LogP contribution in [-0.4, -0.2) is 10.9 Å². The average Bonchev–Trinajstić information content (AvgIpc) is 2.79. The Morgan fingerprint density at radius 1 is 1.53 bits per heavy atom. The molecule has 0 bridgehead atoms. The average molecular weight is 279 g/mol. The first kappa shape index (κ1) is 13.5. The highest BCUT2D eigenvalue weighted by Crippen LogP contribution is 2.19. The maximum Gasteiger partial charge on any atom is 0.254 e. The zero-order chi connectivity index (χ0) is 14.0. The molecule has 0 spiro atoms. The number of benzene rings is 1. The quantitative estimate of drug-likeness (QED) is 0.849. The lowest BCUT2D eigenvalue weighted by atomic mass is 10.1. The van der Waals surface area contributed by atoms with Gasteiger partial charge in [-0.1, -0.05) is 0 Å². The maximum atomic E-state index is 13.1. The minimum atomic E-state index is -0.489. The Morgan fingerprint density at radius 2 is 2.26 bits per heavy atom. The Kier molecular flexibility index (Phi) is 3.80. The summed E-state index contributed by atoms with van der Waals surface area (Å²) in [6.45, 7) is 3.71. The summed E-state index contributed by atoms with van der Waals surface area (Å²) in [5.74, 6) is -0.894. The Balaban J connectivity index is 2.15.